The van der Waals surface area contributed by atoms with Crippen molar-refractivity contribution in [3.05, 3.63) is 101 Å². The first-order valence-corrected chi connectivity index (χ1v) is 10.3. The van der Waals surface area contributed by atoms with Gasteiger partial charge >= 0.3 is 5.97 Å². The normalized spacial score (nSPS) is 11.4. The molecule has 4 aromatic rings. The van der Waals surface area contributed by atoms with Crippen molar-refractivity contribution in [1.29, 1.82) is 0 Å². The topological polar surface area (TPSA) is 129 Å². The first-order chi connectivity index (χ1) is 16.4. The zero-order chi connectivity index (χ0) is 24.1. The molecule has 1 heterocycles. The van der Waals surface area contributed by atoms with E-state index in [1.807, 2.05) is 60.7 Å². The Morgan fingerprint density at radius 1 is 1.00 bits per heavy atom. The molecular formula is C24H19N5O5. The van der Waals surface area contributed by atoms with Crippen LogP contribution in [0.5, 0.6) is 0 Å². The molecule has 1 amide bonds. The summed E-state index contributed by atoms with van der Waals surface area (Å²) >= 11 is 0. The van der Waals surface area contributed by atoms with Crippen LogP contribution >= 0.6 is 0 Å². The highest BCUT2D eigenvalue weighted by Crippen LogP contribution is 2.22. The number of anilines is 1. The van der Waals surface area contributed by atoms with Crippen LogP contribution in [0.2, 0.25) is 0 Å². The maximum absolute atomic E-state index is 12.8. The second kappa shape index (κ2) is 9.74. The highest BCUT2D eigenvalue weighted by molar-refractivity contribution is 5.96. The lowest BCUT2D eigenvalue weighted by Crippen LogP contribution is -2.30. The molecule has 0 fully saturated rings. The lowest BCUT2D eigenvalue weighted by Gasteiger charge is -2.12. The van der Waals surface area contributed by atoms with Crippen molar-refractivity contribution >= 4 is 23.3 Å². The van der Waals surface area contributed by atoms with Crippen LogP contribution in [0.3, 0.4) is 0 Å². The smallest absolute Gasteiger partial charge is 0.379 e. The predicted molar refractivity (Wildman–Crippen MR) is 123 cm³/mol. The maximum atomic E-state index is 12.8. The Morgan fingerprint density at radius 2 is 1.68 bits per heavy atom. The van der Waals surface area contributed by atoms with Crippen LogP contribution in [0.1, 0.15) is 17.5 Å². The number of carbonyl (C=O) groups excluding carboxylic acids is 2. The number of hydrogen-bond donors (Lipinski definition) is 1. The van der Waals surface area contributed by atoms with Crippen molar-refractivity contribution in [2.45, 2.75) is 13.0 Å². The number of rotatable bonds is 7. The van der Waals surface area contributed by atoms with Gasteiger partial charge in [0, 0.05) is 23.4 Å². The van der Waals surface area contributed by atoms with Gasteiger partial charge in [-0.05, 0) is 25.1 Å². The number of aromatic nitrogens is 3. The van der Waals surface area contributed by atoms with Crippen molar-refractivity contribution in [3.8, 4) is 17.1 Å². The van der Waals surface area contributed by atoms with Gasteiger partial charge in [-0.2, -0.15) is 0 Å². The van der Waals surface area contributed by atoms with Gasteiger partial charge in [0.25, 0.3) is 17.4 Å². The van der Waals surface area contributed by atoms with E-state index >= 15 is 0 Å². The summed E-state index contributed by atoms with van der Waals surface area (Å²) in [6.45, 7) is 1.39. The van der Waals surface area contributed by atoms with Gasteiger partial charge < -0.3 is 10.1 Å². The number of nitro benzene ring substituents is 1. The van der Waals surface area contributed by atoms with E-state index in [4.69, 9.17) is 4.74 Å². The Kier molecular flexibility index (Phi) is 6.40. The molecule has 4 rings (SSSR count). The molecule has 34 heavy (non-hydrogen) atoms. The fourth-order valence-corrected chi connectivity index (χ4v) is 3.13. The van der Waals surface area contributed by atoms with Crippen molar-refractivity contribution < 1.29 is 19.2 Å². The third-order valence-corrected chi connectivity index (χ3v) is 4.80. The Balaban J connectivity index is 1.54. The number of ether oxygens (including phenoxy) is 1. The monoisotopic (exact) mass is 457 g/mol. The van der Waals surface area contributed by atoms with E-state index in [0.29, 0.717) is 11.5 Å². The molecule has 170 valence electrons. The highest BCUT2D eigenvalue weighted by atomic mass is 16.6. The summed E-state index contributed by atoms with van der Waals surface area (Å²) in [6, 6.07) is 23.9. The summed E-state index contributed by atoms with van der Waals surface area (Å²) in [5, 5.41) is 17.7. The van der Waals surface area contributed by atoms with E-state index in [-0.39, 0.29) is 17.2 Å². The molecule has 3 aromatic carbocycles. The van der Waals surface area contributed by atoms with E-state index in [1.165, 1.54) is 35.9 Å². The number of amides is 1. The number of para-hydroxylation sites is 1. The molecule has 10 heteroatoms. The zero-order valence-electron chi connectivity index (χ0n) is 18.0. The average molecular weight is 457 g/mol. The van der Waals surface area contributed by atoms with Crippen molar-refractivity contribution in [2.24, 2.45) is 0 Å². The minimum atomic E-state index is -1.20. The van der Waals surface area contributed by atoms with Crippen LogP contribution < -0.4 is 5.32 Å². The molecule has 0 radical (unpaired) electrons. The van der Waals surface area contributed by atoms with Crippen molar-refractivity contribution in [3.63, 3.8) is 0 Å². The van der Waals surface area contributed by atoms with Crippen molar-refractivity contribution in [2.75, 3.05) is 5.32 Å². The van der Waals surface area contributed by atoms with Crippen LogP contribution in [-0.4, -0.2) is 37.7 Å². The lowest BCUT2D eigenvalue weighted by molar-refractivity contribution is -0.384. The van der Waals surface area contributed by atoms with Gasteiger partial charge in [0.1, 0.15) is 0 Å². The van der Waals surface area contributed by atoms with Gasteiger partial charge in [-0.3, -0.25) is 14.9 Å². The molecule has 1 atom stereocenters. The average Bonchev–Trinajstić information content (AvgIpc) is 3.31. The van der Waals surface area contributed by atoms with Gasteiger partial charge in [0.2, 0.25) is 0 Å². The van der Waals surface area contributed by atoms with E-state index < -0.39 is 22.9 Å². The van der Waals surface area contributed by atoms with Crippen LogP contribution in [-0.2, 0) is 9.53 Å². The van der Waals surface area contributed by atoms with Crippen LogP contribution in [0.15, 0.2) is 84.9 Å². The summed E-state index contributed by atoms with van der Waals surface area (Å²) in [6.07, 6.45) is -1.20. The number of nitrogens with one attached hydrogen (secondary N) is 1. The van der Waals surface area contributed by atoms with Gasteiger partial charge in [-0.15, -0.1) is 5.10 Å². The van der Waals surface area contributed by atoms with E-state index in [9.17, 15) is 19.7 Å². The highest BCUT2D eigenvalue weighted by Gasteiger charge is 2.24. The third-order valence-electron chi connectivity index (χ3n) is 4.80. The molecule has 0 bridgehead atoms. The van der Waals surface area contributed by atoms with Crippen LogP contribution in [0, 0.1) is 10.1 Å². The van der Waals surface area contributed by atoms with Crippen LogP contribution in [0.25, 0.3) is 17.1 Å². The van der Waals surface area contributed by atoms with Gasteiger partial charge in [-0.1, -0.05) is 54.6 Å². The van der Waals surface area contributed by atoms with Crippen LogP contribution in [0.4, 0.5) is 11.4 Å². The van der Waals surface area contributed by atoms with Crippen molar-refractivity contribution in [1.82, 2.24) is 14.8 Å². The molecule has 1 aromatic heterocycles. The molecule has 0 aliphatic carbocycles. The predicted octanol–water partition coefficient (Wildman–Crippen LogP) is 4.03. The molecule has 0 aliphatic heterocycles. The number of benzene rings is 3. The maximum Gasteiger partial charge on any atom is 0.379 e. The van der Waals surface area contributed by atoms with Gasteiger partial charge in [0.05, 0.1) is 10.6 Å². The molecule has 0 spiro atoms. The summed E-state index contributed by atoms with van der Waals surface area (Å²) in [5.74, 6) is -1.31. The van der Waals surface area contributed by atoms with E-state index in [0.717, 1.165) is 5.56 Å². The van der Waals surface area contributed by atoms with E-state index in [2.05, 4.69) is 15.4 Å². The molecule has 1 N–H and O–H groups in total. The Labute approximate surface area is 194 Å². The first kappa shape index (κ1) is 22.3. The number of nitrogens with zero attached hydrogens (tertiary/aromatic N) is 4. The molecular weight excluding hydrogens is 438 g/mol. The number of hydrogen-bond acceptors (Lipinski definition) is 7. The molecule has 10 nitrogen and oxygen atoms in total. The van der Waals surface area contributed by atoms with Gasteiger partial charge in [-0.25, -0.2) is 14.5 Å². The summed E-state index contributed by atoms with van der Waals surface area (Å²) in [7, 11) is 0. The zero-order valence-corrected chi connectivity index (χ0v) is 18.0. The Bertz CT molecular complexity index is 1280. The third kappa shape index (κ3) is 4.96. The Morgan fingerprint density at radius 3 is 2.35 bits per heavy atom. The lowest BCUT2D eigenvalue weighted by atomic mass is 10.2. The summed E-state index contributed by atoms with van der Waals surface area (Å²) in [4.78, 5) is 39.9. The van der Waals surface area contributed by atoms with E-state index in [1.54, 1.807) is 0 Å². The SMILES string of the molecule is CC(OC(=O)c1nc(-c2ccccc2)n(-c2ccccc2)n1)C(=O)Nc1cccc([N+](=O)[O-])c1. The second-order valence-electron chi connectivity index (χ2n) is 7.22. The fraction of sp³-hybridized carbons (Fsp3) is 0.0833. The second-order valence-corrected chi connectivity index (χ2v) is 7.22. The minimum absolute atomic E-state index is 0.174. The fourth-order valence-electron chi connectivity index (χ4n) is 3.13. The molecule has 1 unspecified atom stereocenters. The summed E-state index contributed by atoms with van der Waals surface area (Å²) < 4.78 is 6.79. The minimum Gasteiger partial charge on any atom is -0.447 e. The number of nitro groups is 1. The number of non-ortho nitro benzene ring substituents is 1. The van der Waals surface area contributed by atoms with Gasteiger partial charge in [0.15, 0.2) is 11.9 Å². The standard InChI is InChI=1S/C24H19N5O5/c1-16(23(30)25-18-11-8-14-20(15-18)29(32)33)34-24(31)21-26-22(17-9-4-2-5-10-17)28(27-21)19-12-6-3-7-13-19/h2-16H,1H3,(H,25,30). The Hall–Kier alpha value is -4.86. The number of esters is 1. The molecule has 0 aliphatic rings. The number of carbonyl (C=O) groups is 2. The first-order valence-electron chi connectivity index (χ1n) is 10.3. The molecule has 0 saturated carbocycles. The largest absolute Gasteiger partial charge is 0.447 e. The molecule has 0 saturated heterocycles. The summed E-state index contributed by atoms with van der Waals surface area (Å²) in [5.41, 5.74) is 1.48. The quantitative estimate of drug-likeness (QED) is 0.252.